The minimum atomic E-state index is -0.0335. The Hall–Kier alpha value is -3.02. The van der Waals surface area contributed by atoms with Gasteiger partial charge in [-0.2, -0.15) is 0 Å². The molecule has 0 aliphatic carbocycles. The number of carbonyl (C=O) groups excluding carboxylic acids is 1. The third-order valence-corrected chi connectivity index (χ3v) is 3.94. The highest BCUT2D eigenvalue weighted by Gasteiger charge is 2.32. The molecule has 1 amide bonds. The molecule has 1 aliphatic rings. The second kappa shape index (κ2) is 5.64. The maximum absolute atomic E-state index is 12.6. The van der Waals surface area contributed by atoms with Crippen LogP contribution in [0.15, 0.2) is 55.0 Å². The van der Waals surface area contributed by atoms with Crippen molar-refractivity contribution in [2.75, 3.05) is 18.4 Å². The normalized spacial score (nSPS) is 14.5. The van der Waals surface area contributed by atoms with Crippen molar-refractivity contribution < 1.29 is 4.79 Å². The number of carbonyl (C=O) groups is 1. The molecule has 0 radical (unpaired) electrons. The molecule has 0 atom stereocenters. The number of rotatable bonds is 3. The summed E-state index contributed by atoms with van der Waals surface area (Å²) < 4.78 is 0. The summed E-state index contributed by atoms with van der Waals surface area (Å²) in [7, 11) is 0. The van der Waals surface area contributed by atoms with Crippen molar-refractivity contribution in [2.45, 2.75) is 6.04 Å². The third-order valence-electron chi connectivity index (χ3n) is 3.94. The highest BCUT2D eigenvalue weighted by molar-refractivity contribution is 6.05. The summed E-state index contributed by atoms with van der Waals surface area (Å²) in [5, 5.41) is 5.13. The maximum Gasteiger partial charge on any atom is 0.273 e. The average molecular weight is 305 g/mol. The Morgan fingerprint density at radius 3 is 2.61 bits per heavy atom. The van der Waals surface area contributed by atoms with Crippen LogP contribution >= 0.6 is 0 Å². The van der Waals surface area contributed by atoms with Gasteiger partial charge in [0, 0.05) is 37.1 Å². The molecule has 6 nitrogen and oxygen atoms in total. The van der Waals surface area contributed by atoms with Crippen LogP contribution in [-0.2, 0) is 0 Å². The molecule has 23 heavy (non-hydrogen) atoms. The Morgan fingerprint density at radius 2 is 1.78 bits per heavy atom. The number of pyridine rings is 1. The highest BCUT2D eigenvalue weighted by Crippen LogP contribution is 2.21. The predicted molar refractivity (Wildman–Crippen MR) is 87.1 cm³/mol. The number of nitrogens with one attached hydrogen (secondary N) is 1. The number of fused-ring (bicyclic) bond motifs is 1. The molecule has 4 rings (SSSR count). The van der Waals surface area contributed by atoms with Crippen molar-refractivity contribution in [3.63, 3.8) is 0 Å². The molecule has 1 aliphatic heterocycles. The van der Waals surface area contributed by atoms with Gasteiger partial charge in [-0.1, -0.05) is 24.3 Å². The van der Waals surface area contributed by atoms with Crippen LogP contribution in [0.3, 0.4) is 0 Å². The van der Waals surface area contributed by atoms with E-state index in [1.54, 1.807) is 29.6 Å². The molecule has 0 unspecified atom stereocenters. The minimum absolute atomic E-state index is 0.0335. The number of anilines is 1. The molecule has 0 bridgehead atoms. The first-order valence-corrected chi connectivity index (χ1v) is 7.48. The first-order valence-electron chi connectivity index (χ1n) is 7.48. The summed E-state index contributed by atoms with van der Waals surface area (Å²) >= 11 is 0. The van der Waals surface area contributed by atoms with Crippen LogP contribution in [0.25, 0.3) is 10.8 Å². The van der Waals surface area contributed by atoms with Crippen molar-refractivity contribution in [2.24, 2.45) is 0 Å². The first kappa shape index (κ1) is 13.6. The number of hydrogen-bond donors (Lipinski definition) is 1. The number of benzene rings is 1. The van der Waals surface area contributed by atoms with Crippen LogP contribution in [0.5, 0.6) is 0 Å². The standard InChI is InChI=1S/C17H15N5O/c23-16(15-14-5-2-1-4-12(14)6-9-18-15)22-10-13(11-22)21-17-19-7-3-8-20-17/h1-9,13H,10-11H2,(H,19,20,21). The molecular formula is C17H15N5O. The lowest BCUT2D eigenvalue weighted by atomic mass is 10.1. The Balaban J connectivity index is 1.47. The van der Waals surface area contributed by atoms with Crippen LogP contribution in [0.1, 0.15) is 10.5 Å². The van der Waals surface area contributed by atoms with Gasteiger partial charge in [-0.15, -0.1) is 0 Å². The summed E-state index contributed by atoms with van der Waals surface area (Å²) in [4.78, 5) is 27.0. The van der Waals surface area contributed by atoms with E-state index in [0.29, 0.717) is 24.7 Å². The number of aromatic nitrogens is 3. The first-order chi connectivity index (χ1) is 11.3. The largest absolute Gasteiger partial charge is 0.348 e. The predicted octanol–water partition coefficient (Wildman–Crippen LogP) is 1.96. The Morgan fingerprint density at radius 1 is 1.00 bits per heavy atom. The van der Waals surface area contributed by atoms with E-state index in [4.69, 9.17) is 0 Å². The Kier molecular flexibility index (Phi) is 3.34. The smallest absolute Gasteiger partial charge is 0.273 e. The maximum atomic E-state index is 12.6. The van der Waals surface area contributed by atoms with E-state index >= 15 is 0 Å². The van der Waals surface area contributed by atoms with Crippen LogP contribution in [0.4, 0.5) is 5.95 Å². The van der Waals surface area contributed by atoms with E-state index in [1.807, 2.05) is 30.3 Å². The van der Waals surface area contributed by atoms with E-state index in [2.05, 4.69) is 20.3 Å². The molecule has 1 N–H and O–H groups in total. The van der Waals surface area contributed by atoms with Gasteiger partial charge in [0.15, 0.2) is 0 Å². The van der Waals surface area contributed by atoms with Crippen LogP contribution in [0.2, 0.25) is 0 Å². The van der Waals surface area contributed by atoms with Gasteiger partial charge >= 0.3 is 0 Å². The van der Waals surface area contributed by atoms with Gasteiger partial charge in [0.25, 0.3) is 5.91 Å². The summed E-state index contributed by atoms with van der Waals surface area (Å²) in [6.07, 6.45) is 5.07. The number of likely N-dealkylation sites (tertiary alicyclic amines) is 1. The molecule has 3 heterocycles. The fourth-order valence-corrected chi connectivity index (χ4v) is 2.73. The fourth-order valence-electron chi connectivity index (χ4n) is 2.73. The zero-order valence-electron chi connectivity index (χ0n) is 12.4. The molecule has 6 heteroatoms. The zero-order valence-corrected chi connectivity index (χ0v) is 12.4. The van der Waals surface area contributed by atoms with Gasteiger partial charge in [-0.3, -0.25) is 9.78 Å². The quantitative estimate of drug-likeness (QED) is 0.801. The summed E-state index contributed by atoms with van der Waals surface area (Å²) in [6, 6.07) is 11.7. The molecule has 114 valence electrons. The topological polar surface area (TPSA) is 71.0 Å². The average Bonchev–Trinajstić information content (AvgIpc) is 2.57. The lowest BCUT2D eigenvalue weighted by Crippen LogP contribution is -2.57. The van der Waals surface area contributed by atoms with Crippen molar-refractivity contribution in [3.05, 3.63) is 60.7 Å². The summed E-state index contributed by atoms with van der Waals surface area (Å²) in [5.74, 6) is 0.557. The number of hydrogen-bond acceptors (Lipinski definition) is 5. The fraction of sp³-hybridized carbons (Fsp3) is 0.176. The number of nitrogens with zero attached hydrogens (tertiary/aromatic N) is 4. The van der Waals surface area contributed by atoms with Gasteiger partial charge in [0.2, 0.25) is 5.95 Å². The summed E-state index contributed by atoms with van der Waals surface area (Å²) in [5.41, 5.74) is 0.512. The van der Waals surface area contributed by atoms with E-state index in [-0.39, 0.29) is 11.9 Å². The van der Waals surface area contributed by atoms with E-state index in [9.17, 15) is 4.79 Å². The molecule has 3 aromatic rings. The molecule has 1 fully saturated rings. The second-order valence-electron chi connectivity index (χ2n) is 5.50. The van der Waals surface area contributed by atoms with Crippen LogP contribution in [0, 0.1) is 0 Å². The highest BCUT2D eigenvalue weighted by atomic mass is 16.2. The minimum Gasteiger partial charge on any atom is -0.348 e. The van der Waals surface area contributed by atoms with Gasteiger partial charge in [-0.05, 0) is 17.5 Å². The molecule has 1 saturated heterocycles. The van der Waals surface area contributed by atoms with E-state index < -0.39 is 0 Å². The second-order valence-corrected chi connectivity index (χ2v) is 5.50. The van der Waals surface area contributed by atoms with Crippen LogP contribution < -0.4 is 5.32 Å². The van der Waals surface area contributed by atoms with Crippen molar-refractivity contribution in [1.82, 2.24) is 19.9 Å². The van der Waals surface area contributed by atoms with Crippen molar-refractivity contribution in [1.29, 1.82) is 0 Å². The van der Waals surface area contributed by atoms with Gasteiger partial charge in [-0.25, -0.2) is 9.97 Å². The molecule has 0 spiro atoms. The SMILES string of the molecule is O=C(c1nccc2ccccc12)N1CC(Nc2ncccn2)C1. The van der Waals surface area contributed by atoms with E-state index in [0.717, 1.165) is 10.8 Å². The number of amides is 1. The third kappa shape index (κ3) is 2.59. The molecule has 2 aromatic heterocycles. The van der Waals surface area contributed by atoms with E-state index in [1.165, 1.54) is 0 Å². The monoisotopic (exact) mass is 305 g/mol. The lowest BCUT2D eigenvalue weighted by molar-refractivity contribution is 0.0620. The van der Waals surface area contributed by atoms with Gasteiger partial charge in [0.05, 0.1) is 6.04 Å². The van der Waals surface area contributed by atoms with Crippen LogP contribution in [-0.4, -0.2) is 44.9 Å². The lowest BCUT2D eigenvalue weighted by Gasteiger charge is -2.39. The Bertz CT molecular complexity index is 840. The molecule has 1 aromatic carbocycles. The van der Waals surface area contributed by atoms with Gasteiger partial charge < -0.3 is 10.2 Å². The van der Waals surface area contributed by atoms with Gasteiger partial charge in [0.1, 0.15) is 5.69 Å². The zero-order chi connectivity index (χ0) is 15.6. The molecular weight excluding hydrogens is 290 g/mol. The van der Waals surface area contributed by atoms with Crippen molar-refractivity contribution >= 4 is 22.6 Å². The molecule has 0 saturated carbocycles. The Labute approximate surface area is 133 Å². The summed E-state index contributed by atoms with van der Waals surface area (Å²) in [6.45, 7) is 1.25. The van der Waals surface area contributed by atoms with Crippen molar-refractivity contribution in [3.8, 4) is 0 Å².